The summed E-state index contributed by atoms with van der Waals surface area (Å²) in [6.07, 6.45) is 0. The molecule has 202 valence electrons. The highest BCUT2D eigenvalue weighted by Crippen LogP contribution is 2.45. The minimum atomic E-state index is -1.14. The fourth-order valence-corrected chi connectivity index (χ4v) is 6.30. The lowest BCUT2D eigenvalue weighted by Crippen LogP contribution is -2.29. The molecule has 1 aliphatic rings. The predicted molar refractivity (Wildman–Crippen MR) is 154 cm³/mol. The van der Waals surface area contributed by atoms with Gasteiger partial charge in [0.2, 0.25) is 5.13 Å². The molecule has 40 heavy (non-hydrogen) atoms. The summed E-state index contributed by atoms with van der Waals surface area (Å²) in [6, 6.07) is 18.1. The molecule has 0 radical (unpaired) electrons. The molecule has 3 aromatic carbocycles. The lowest BCUT2D eigenvalue weighted by Gasteiger charge is -2.22. The quantitative estimate of drug-likeness (QED) is 0.0521. The highest BCUT2D eigenvalue weighted by Gasteiger charge is 2.48. The summed E-state index contributed by atoms with van der Waals surface area (Å²) in [4.78, 5) is 39.1. The molecule has 0 bridgehead atoms. The van der Waals surface area contributed by atoms with E-state index in [1.807, 2.05) is 50.2 Å². The van der Waals surface area contributed by atoms with Crippen molar-refractivity contribution in [3.8, 4) is 0 Å². The second kappa shape index (κ2) is 11.0. The first-order valence-electron chi connectivity index (χ1n) is 12.3. The Bertz CT molecular complexity index is 1680. The van der Waals surface area contributed by atoms with E-state index in [-0.39, 0.29) is 22.2 Å². The van der Waals surface area contributed by atoms with Gasteiger partial charge in [-0.25, -0.2) is 0 Å². The maximum Gasteiger partial charge on any atom is 0.301 e. The van der Waals surface area contributed by atoms with Gasteiger partial charge in [-0.2, -0.15) is 0 Å². The number of ketones is 1. The van der Waals surface area contributed by atoms with Crippen LogP contribution >= 0.6 is 23.1 Å². The summed E-state index contributed by atoms with van der Waals surface area (Å²) in [5.41, 5.74) is 4.14. The SMILES string of the molecule is Cc1ccc(CSc2nnc(N3C(=O)C(=O)/C(=C(/O)c4cc(C)ccc4C)C3c3cccc([N+](=O)[O-])c3)s2)cc1. The molecule has 1 aromatic heterocycles. The largest absolute Gasteiger partial charge is 0.507 e. The fourth-order valence-electron chi connectivity index (χ4n) is 4.48. The third-order valence-electron chi connectivity index (χ3n) is 6.57. The molecule has 1 amide bonds. The molecule has 5 rings (SSSR count). The van der Waals surface area contributed by atoms with E-state index in [9.17, 15) is 24.8 Å². The molecule has 11 heteroatoms. The molecule has 2 heterocycles. The highest BCUT2D eigenvalue weighted by molar-refractivity contribution is 8.00. The van der Waals surface area contributed by atoms with Crippen LogP contribution in [0.3, 0.4) is 0 Å². The molecule has 9 nitrogen and oxygen atoms in total. The minimum Gasteiger partial charge on any atom is -0.507 e. The van der Waals surface area contributed by atoms with Crippen molar-refractivity contribution in [3.05, 3.63) is 116 Å². The van der Waals surface area contributed by atoms with Crippen LogP contribution in [-0.2, 0) is 15.3 Å². The average molecular weight is 573 g/mol. The van der Waals surface area contributed by atoms with Crippen molar-refractivity contribution >= 4 is 51.4 Å². The standard InChI is InChI=1S/C29H24N4O5S2/c1-16-8-11-19(12-9-16)15-39-29-31-30-28(40-29)32-24(20-5-4-6-21(14-20)33(37)38)23(26(35)27(32)36)25(34)22-13-17(2)7-10-18(22)3/h4-14,24,34H,15H2,1-3H3/b25-23+. The summed E-state index contributed by atoms with van der Waals surface area (Å²) in [5.74, 6) is -1.51. The average Bonchev–Trinajstić information content (AvgIpc) is 3.51. The second-order valence-corrected chi connectivity index (χ2v) is 11.6. The summed E-state index contributed by atoms with van der Waals surface area (Å²) in [7, 11) is 0. The van der Waals surface area contributed by atoms with Gasteiger partial charge in [0.25, 0.3) is 11.5 Å². The number of aliphatic hydroxyl groups excluding tert-OH is 1. The monoisotopic (exact) mass is 572 g/mol. The van der Waals surface area contributed by atoms with Gasteiger partial charge in [-0.3, -0.25) is 24.6 Å². The van der Waals surface area contributed by atoms with E-state index < -0.39 is 22.7 Å². The number of nitro benzene ring substituents is 1. The van der Waals surface area contributed by atoms with Gasteiger partial charge in [0.05, 0.1) is 16.5 Å². The van der Waals surface area contributed by atoms with Crippen LogP contribution in [0.5, 0.6) is 0 Å². The number of non-ortho nitro benzene ring substituents is 1. The van der Waals surface area contributed by atoms with Crippen molar-refractivity contribution in [1.29, 1.82) is 0 Å². The molecule has 1 aliphatic heterocycles. The van der Waals surface area contributed by atoms with Crippen LogP contribution in [-0.4, -0.2) is 31.9 Å². The van der Waals surface area contributed by atoms with E-state index in [0.29, 0.717) is 26.8 Å². The molecule has 0 saturated carbocycles. The third-order valence-corrected chi connectivity index (χ3v) is 8.70. The van der Waals surface area contributed by atoms with Gasteiger partial charge in [0, 0.05) is 23.4 Å². The number of hydrogen-bond acceptors (Lipinski definition) is 9. The van der Waals surface area contributed by atoms with Crippen LogP contribution < -0.4 is 4.90 Å². The normalized spacial score (nSPS) is 16.5. The maximum atomic E-state index is 13.5. The Hall–Kier alpha value is -4.35. The van der Waals surface area contributed by atoms with Gasteiger partial charge in [-0.15, -0.1) is 10.2 Å². The smallest absolute Gasteiger partial charge is 0.301 e. The van der Waals surface area contributed by atoms with Crippen molar-refractivity contribution in [1.82, 2.24) is 10.2 Å². The van der Waals surface area contributed by atoms with Crippen molar-refractivity contribution < 1.29 is 19.6 Å². The Balaban J connectivity index is 1.59. The first-order valence-corrected chi connectivity index (χ1v) is 14.1. The van der Waals surface area contributed by atoms with Crippen LogP contribution in [0.15, 0.2) is 76.6 Å². The minimum absolute atomic E-state index is 0.157. The highest BCUT2D eigenvalue weighted by atomic mass is 32.2. The van der Waals surface area contributed by atoms with E-state index in [1.165, 1.54) is 34.9 Å². The van der Waals surface area contributed by atoms with Crippen molar-refractivity contribution in [2.75, 3.05) is 4.90 Å². The summed E-state index contributed by atoms with van der Waals surface area (Å²) >= 11 is 2.58. The zero-order valence-electron chi connectivity index (χ0n) is 21.8. The Morgan fingerprint density at radius 3 is 2.48 bits per heavy atom. The number of hydrogen-bond donors (Lipinski definition) is 1. The summed E-state index contributed by atoms with van der Waals surface area (Å²) in [5, 5.41) is 31.6. The first kappa shape index (κ1) is 27.2. The molecule has 1 N–H and O–H groups in total. The molecular weight excluding hydrogens is 548 g/mol. The molecule has 0 spiro atoms. The van der Waals surface area contributed by atoms with E-state index in [0.717, 1.165) is 28.0 Å². The van der Waals surface area contributed by atoms with E-state index in [4.69, 9.17) is 0 Å². The molecule has 1 atom stereocenters. The fraction of sp³-hybridized carbons (Fsp3) is 0.172. The number of thioether (sulfide) groups is 1. The second-order valence-electron chi connectivity index (χ2n) is 9.46. The maximum absolute atomic E-state index is 13.5. The lowest BCUT2D eigenvalue weighted by atomic mass is 9.93. The first-order chi connectivity index (χ1) is 19.1. The number of rotatable bonds is 7. The Labute approximate surface area is 238 Å². The number of anilines is 1. The number of nitro groups is 1. The van der Waals surface area contributed by atoms with E-state index in [2.05, 4.69) is 10.2 Å². The topological polar surface area (TPSA) is 127 Å². The predicted octanol–water partition coefficient (Wildman–Crippen LogP) is 6.29. The number of amides is 1. The van der Waals surface area contributed by atoms with Gasteiger partial charge >= 0.3 is 5.91 Å². The van der Waals surface area contributed by atoms with Gasteiger partial charge < -0.3 is 5.11 Å². The number of carbonyl (C=O) groups is 2. The van der Waals surface area contributed by atoms with Gasteiger partial charge in [0.15, 0.2) is 4.34 Å². The number of nitrogens with zero attached hydrogens (tertiary/aromatic N) is 4. The lowest BCUT2D eigenvalue weighted by molar-refractivity contribution is -0.384. The number of benzene rings is 3. The van der Waals surface area contributed by atoms with Crippen LogP contribution in [0.4, 0.5) is 10.8 Å². The van der Waals surface area contributed by atoms with Gasteiger partial charge in [-0.1, -0.05) is 82.8 Å². The van der Waals surface area contributed by atoms with Gasteiger partial charge in [0.1, 0.15) is 5.76 Å². The Morgan fingerprint density at radius 1 is 1.02 bits per heavy atom. The number of carbonyl (C=O) groups excluding carboxylic acids is 2. The number of Topliss-reactive ketones (excluding diaryl/α,β-unsaturated/α-hetero) is 1. The number of aromatic nitrogens is 2. The summed E-state index contributed by atoms with van der Waals surface area (Å²) < 4.78 is 0.588. The van der Waals surface area contributed by atoms with Crippen molar-refractivity contribution in [3.63, 3.8) is 0 Å². The molecule has 1 saturated heterocycles. The molecule has 4 aromatic rings. The summed E-state index contributed by atoms with van der Waals surface area (Å²) in [6.45, 7) is 5.65. The Kier molecular flexibility index (Phi) is 7.51. The van der Waals surface area contributed by atoms with Crippen LogP contribution in [0.25, 0.3) is 5.76 Å². The Morgan fingerprint density at radius 2 is 1.75 bits per heavy atom. The molecule has 1 unspecified atom stereocenters. The van der Waals surface area contributed by atoms with E-state index >= 15 is 0 Å². The van der Waals surface area contributed by atoms with Crippen molar-refractivity contribution in [2.45, 2.75) is 36.9 Å². The van der Waals surface area contributed by atoms with E-state index in [1.54, 1.807) is 19.1 Å². The number of aryl methyl sites for hydroxylation is 3. The van der Waals surface area contributed by atoms with Crippen molar-refractivity contribution in [2.24, 2.45) is 0 Å². The van der Waals surface area contributed by atoms with Gasteiger partial charge in [-0.05, 0) is 43.5 Å². The van der Waals surface area contributed by atoms with Crippen LogP contribution in [0.1, 0.15) is 39.4 Å². The van der Waals surface area contributed by atoms with Crippen LogP contribution in [0, 0.1) is 30.9 Å². The third kappa shape index (κ3) is 5.25. The zero-order chi connectivity index (χ0) is 28.6. The molecule has 0 aliphatic carbocycles. The molecular formula is C29H24N4O5S2. The molecule has 1 fully saturated rings. The zero-order valence-corrected chi connectivity index (χ0v) is 23.5. The van der Waals surface area contributed by atoms with Crippen LogP contribution in [0.2, 0.25) is 0 Å². The number of aliphatic hydroxyl groups is 1.